The van der Waals surface area contributed by atoms with Gasteiger partial charge in [-0.3, -0.25) is 0 Å². The smallest absolute Gasteiger partial charge is 0.123 e. The molecule has 4 heteroatoms. The monoisotopic (exact) mass is 253 g/mol. The van der Waals surface area contributed by atoms with E-state index in [4.69, 9.17) is 5.73 Å². The molecule has 0 saturated heterocycles. The molecule has 0 spiro atoms. The van der Waals surface area contributed by atoms with Crippen molar-refractivity contribution in [2.75, 3.05) is 0 Å². The summed E-state index contributed by atoms with van der Waals surface area (Å²) in [5, 5.41) is 2.03. The first-order chi connectivity index (χ1) is 7.66. The Morgan fingerprint density at radius 2 is 2.19 bits per heavy atom. The lowest BCUT2D eigenvalue weighted by atomic mass is 10.1. The summed E-state index contributed by atoms with van der Waals surface area (Å²) < 4.78 is 14.3. The molecule has 1 atom stereocenters. The largest absolute Gasteiger partial charge is 0.324 e. The first-order valence-corrected chi connectivity index (χ1v) is 6.63. The minimum atomic E-state index is -0.233. The Kier molecular flexibility index (Phi) is 3.63. The predicted octanol–water partition coefficient (Wildman–Crippen LogP) is 4.06. The van der Waals surface area contributed by atoms with Crippen molar-refractivity contribution in [2.45, 2.75) is 22.1 Å². The van der Waals surface area contributed by atoms with Gasteiger partial charge in [-0.25, -0.2) is 4.39 Å². The highest BCUT2D eigenvalue weighted by atomic mass is 32.2. The zero-order chi connectivity index (χ0) is 11.5. The van der Waals surface area contributed by atoms with E-state index in [1.54, 1.807) is 29.2 Å². The van der Waals surface area contributed by atoms with Gasteiger partial charge in [0.25, 0.3) is 0 Å². The van der Waals surface area contributed by atoms with Crippen molar-refractivity contribution in [2.24, 2.45) is 5.73 Å². The third kappa shape index (κ3) is 2.64. The van der Waals surface area contributed by atoms with Gasteiger partial charge < -0.3 is 5.73 Å². The molecule has 16 heavy (non-hydrogen) atoms. The van der Waals surface area contributed by atoms with Gasteiger partial charge in [0.05, 0.1) is 4.21 Å². The van der Waals surface area contributed by atoms with Crippen LogP contribution >= 0.6 is 23.1 Å². The third-order valence-electron chi connectivity index (χ3n) is 2.17. The fourth-order valence-corrected chi connectivity index (χ4v) is 3.34. The van der Waals surface area contributed by atoms with E-state index in [0.717, 1.165) is 10.5 Å². The van der Waals surface area contributed by atoms with Crippen molar-refractivity contribution in [3.05, 3.63) is 47.1 Å². The third-order valence-corrected chi connectivity index (χ3v) is 4.30. The fraction of sp³-hybridized carbons (Fsp3) is 0.167. The standard InChI is InChI=1S/C12H12FNS2/c1-8(14)10-7-9(13)4-5-11(10)16-12-3-2-6-15-12/h2-8H,14H2,1H3. The Hall–Kier alpha value is -0.840. The number of benzene rings is 1. The van der Waals surface area contributed by atoms with Crippen LogP contribution in [0.25, 0.3) is 0 Å². The summed E-state index contributed by atoms with van der Waals surface area (Å²) >= 11 is 3.30. The average Bonchev–Trinajstić information content (AvgIpc) is 2.73. The van der Waals surface area contributed by atoms with E-state index in [2.05, 4.69) is 0 Å². The van der Waals surface area contributed by atoms with E-state index in [1.165, 1.54) is 16.3 Å². The van der Waals surface area contributed by atoms with E-state index in [-0.39, 0.29) is 11.9 Å². The molecule has 0 saturated carbocycles. The van der Waals surface area contributed by atoms with Gasteiger partial charge in [0.1, 0.15) is 5.82 Å². The quantitative estimate of drug-likeness (QED) is 0.892. The number of nitrogens with two attached hydrogens (primary N) is 1. The van der Waals surface area contributed by atoms with E-state index >= 15 is 0 Å². The van der Waals surface area contributed by atoms with E-state index in [0.29, 0.717) is 0 Å². The minimum Gasteiger partial charge on any atom is -0.324 e. The Labute approximate surface area is 102 Å². The van der Waals surface area contributed by atoms with Gasteiger partial charge in [-0.05, 0) is 42.1 Å². The highest BCUT2D eigenvalue weighted by Crippen LogP contribution is 2.35. The van der Waals surface area contributed by atoms with Crippen LogP contribution in [0.5, 0.6) is 0 Å². The molecule has 1 unspecified atom stereocenters. The second-order valence-electron chi connectivity index (χ2n) is 3.50. The summed E-state index contributed by atoms with van der Waals surface area (Å²) in [7, 11) is 0. The van der Waals surface area contributed by atoms with Crippen LogP contribution in [0.2, 0.25) is 0 Å². The van der Waals surface area contributed by atoms with Crippen molar-refractivity contribution >= 4 is 23.1 Å². The summed E-state index contributed by atoms with van der Waals surface area (Å²) in [6.07, 6.45) is 0. The Bertz CT molecular complexity index is 466. The van der Waals surface area contributed by atoms with Gasteiger partial charge in [-0.2, -0.15) is 0 Å². The van der Waals surface area contributed by atoms with E-state index in [1.807, 2.05) is 24.4 Å². The number of hydrogen-bond acceptors (Lipinski definition) is 3. The molecule has 0 bridgehead atoms. The lowest BCUT2D eigenvalue weighted by molar-refractivity contribution is 0.619. The Morgan fingerprint density at radius 1 is 1.38 bits per heavy atom. The lowest BCUT2D eigenvalue weighted by Crippen LogP contribution is -2.06. The normalized spacial score (nSPS) is 12.7. The zero-order valence-corrected chi connectivity index (χ0v) is 10.4. The van der Waals surface area contributed by atoms with Gasteiger partial charge >= 0.3 is 0 Å². The van der Waals surface area contributed by atoms with Crippen LogP contribution in [0, 0.1) is 5.82 Å². The number of halogens is 1. The van der Waals surface area contributed by atoms with Gasteiger partial charge in [-0.1, -0.05) is 17.8 Å². The Balaban J connectivity index is 2.33. The van der Waals surface area contributed by atoms with Gasteiger partial charge in [0.2, 0.25) is 0 Å². The van der Waals surface area contributed by atoms with Crippen LogP contribution < -0.4 is 5.73 Å². The van der Waals surface area contributed by atoms with Crippen molar-refractivity contribution in [3.63, 3.8) is 0 Å². The molecule has 0 amide bonds. The SMILES string of the molecule is CC(N)c1cc(F)ccc1Sc1cccs1. The first-order valence-electron chi connectivity index (χ1n) is 4.93. The average molecular weight is 253 g/mol. The molecule has 1 aromatic heterocycles. The summed E-state index contributed by atoms with van der Waals surface area (Å²) in [4.78, 5) is 1.03. The molecule has 0 radical (unpaired) electrons. The van der Waals surface area contributed by atoms with Gasteiger partial charge in [0.15, 0.2) is 0 Å². The second kappa shape index (κ2) is 4.99. The summed E-state index contributed by atoms with van der Waals surface area (Å²) in [5.41, 5.74) is 6.70. The molecule has 0 fully saturated rings. The highest BCUT2D eigenvalue weighted by molar-refractivity contribution is 8.01. The van der Waals surface area contributed by atoms with Crippen LogP contribution in [-0.4, -0.2) is 0 Å². The van der Waals surface area contributed by atoms with E-state index in [9.17, 15) is 4.39 Å². The number of thiophene rings is 1. The fourth-order valence-electron chi connectivity index (χ4n) is 1.40. The van der Waals surface area contributed by atoms with Crippen molar-refractivity contribution < 1.29 is 4.39 Å². The van der Waals surface area contributed by atoms with Crippen LogP contribution in [0.3, 0.4) is 0 Å². The van der Waals surface area contributed by atoms with E-state index < -0.39 is 0 Å². The molecule has 2 N–H and O–H groups in total. The Morgan fingerprint density at radius 3 is 2.81 bits per heavy atom. The van der Waals surface area contributed by atoms with Crippen LogP contribution in [0.4, 0.5) is 4.39 Å². The van der Waals surface area contributed by atoms with Crippen LogP contribution in [-0.2, 0) is 0 Å². The minimum absolute atomic E-state index is 0.154. The number of rotatable bonds is 3. The maximum absolute atomic E-state index is 13.1. The molecule has 0 aliphatic heterocycles. The molecule has 1 heterocycles. The molecule has 1 nitrogen and oxygen atoms in total. The predicted molar refractivity (Wildman–Crippen MR) is 67.4 cm³/mol. The molecule has 1 aromatic carbocycles. The summed E-state index contributed by atoms with van der Waals surface area (Å²) in [5.74, 6) is -0.233. The molecule has 0 aliphatic carbocycles. The summed E-state index contributed by atoms with van der Waals surface area (Å²) in [6.45, 7) is 1.87. The lowest BCUT2D eigenvalue weighted by Gasteiger charge is -2.11. The topological polar surface area (TPSA) is 26.0 Å². The van der Waals surface area contributed by atoms with Gasteiger partial charge in [0, 0.05) is 10.9 Å². The molecular weight excluding hydrogens is 241 g/mol. The first kappa shape index (κ1) is 11.6. The van der Waals surface area contributed by atoms with Crippen LogP contribution in [0.15, 0.2) is 44.8 Å². The van der Waals surface area contributed by atoms with Crippen molar-refractivity contribution in [3.8, 4) is 0 Å². The van der Waals surface area contributed by atoms with Crippen LogP contribution in [0.1, 0.15) is 18.5 Å². The maximum atomic E-state index is 13.1. The molecule has 2 aromatic rings. The van der Waals surface area contributed by atoms with Crippen molar-refractivity contribution in [1.82, 2.24) is 0 Å². The zero-order valence-electron chi connectivity index (χ0n) is 8.81. The summed E-state index contributed by atoms with van der Waals surface area (Å²) in [6, 6.07) is 8.67. The number of hydrogen-bond donors (Lipinski definition) is 1. The molecule has 2 rings (SSSR count). The van der Waals surface area contributed by atoms with Crippen molar-refractivity contribution in [1.29, 1.82) is 0 Å². The second-order valence-corrected chi connectivity index (χ2v) is 5.79. The molecule has 84 valence electrons. The van der Waals surface area contributed by atoms with Gasteiger partial charge in [-0.15, -0.1) is 11.3 Å². The maximum Gasteiger partial charge on any atom is 0.123 e. The molecular formula is C12H12FNS2. The molecule has 0 aliphatic rings. The highest BCUT2D eigenvalue weighted by Gasteiger charge is 2.10.